The van der Waals surface area contributed by atoms with E-state index < -0.39 is 0 Å². The molecule has 2 heterocycles. The van der Waals surface area contributed by atoms with Crippen LogP contribution in [0.3, 0.4) is 0 Å². The summed E-state index contributed by atoms with van der Waals surface area (Å²) in [4.78, 5) is 11.7. The molecule has 0 aromatic carbocycles. The molecule has 1 atom stereocenters. The van der Waals surface area contributed by atoms with Crippen LogP contribution in [0, 0.1) is 5.92 Å². The van der Waals surface area contributed by atoms with E-state index in [0.29, 0.717) is 17.7 Å². The topological polar surface area (TPSA) is 35.0 Å². The number of hydrogen-bond acceptors (Lipinski definition) is 4. The van der Waals surface area contributed by atoms with E-state index in [9.17, 15) is 0 Å². The molecular formula is C15H19ClN2OS. The van der Waals surface area contributed by atoms with Crippen molar-refractivity contribution in [3.05, 3.63) is 21.4 Å². The standard InChI is InChI=1S/C15H19ClN2OS/c1-4-19-12(8(2)3)14-17-13(16)11-9-6-5-7-10(9)20-15(11)18-14/h8,12H,4-7H2,1-3H3. The van der Waals surface area contributed by atoms with Crippen LogP contribution in [0.4, 0.5) is 0 Å². The molecule has 0 amide bonds. The number of aromatic nitrogens is 2. The van der Waals surface area contributed by atoms with Crippen LogP contribution in [0.5, 0.6) is 0 Å². The van der Waals surface area contributed by atoms with Crippen molar-refractivity contribution in [1.29, 1.82) is 0 Å². The first-order chi connectivity index (χ1) is 9.61. The Balaban J connectivity index is 2.10. The molecule has 2 aromatic rings. The van der Waals surface area contributed by atoms with Gasteiger partial charge in [0, 0.05) is 11.5 Å². The summed E-state index contributed by atoms with van der Waals surface area (Å²) in [6, 6.07) is 0. The Hall–Kier alpha value is -0.710. The molecule has 0 spiro atoms. The van der Waals surface area contributed by atoms with Gasteiger partial charge in [-0.25, -0.2) is 9.97 Å². The lowest BCUT2D eigenvalue weighted by Gasteiger charge is -2.19. The van der Waals surface area contributed by atoms with Crippen LogP contribution in [-0.2, 0) is 17.6 Å². The summed E-state index contributed by atoms with van der Waals surface area (Å²) in [5.74, 6) is 1.05. The predicted octanol–water partition coefficient (Wildman–Crippen LogP) is 4.57. The van der Waals surface area contributed by atoms with Crippen LogP contribution in [-0.4, -0.2) is 16.6 Å². The summed E-state index contributed by atoms with van der Waals surface area (Å²) in [6.07, 6.45) is 3.40. The lowest BCUT2D eigenvalue weighted by molar-refractivity contribution is 0.0235. The Labute approximate surface area is 128 Å². The molecule has 2 aromatic heterocycles. The first kappa shape index (κ1) is 14.2. The quantitative estimate of drug-likeness (QED) is 0.776. The van der Waals surface area contributed by atoms with Crippen LogP contribution < -0.4 is 0 Å². The van der Waals surface area contributed by atoms with Crippen molar-refractivity contribution in [2.45, 2.75) is 46.1 Å². The lowest BCUT2D eigenvalue weighted by Crippen LogP contribution is -2.14. The number of ether oxygens (including phenoxy) is 1. The second-order valence-corrected chi connectivity index (χ2v) is 6.97. The molecule has 0 saturated heterocycles. The predicted molar refractivity (Wildman–Crippen MR) is 83.7 cm³/mol. The highest BCUT2D eigenvalue weighted by Gasteiger charge is 2.25. The van der Waals surface area contributed by atoms with E-state index in [0.717, 1.165) is 28.9 Å². The van der Waals surface area contributed by atoms with Crippen molar-refractivity contribution in [3.8, 4) is 0 Å². The van der Waals surface area contributed by atoms with Crippen LogP contribution in [0.15, 0.2) is 0 Å². The fourth-order valence-electron chi connectivity index (χ4n) is 2.84. The molecule has 0 radical (unpaired) electrons. The Morgan fingerprint density at radius 3 is 2.80 bits per heavy atom. The van der Waals surface area contributed by atoms with Crippen molar-refractivity contribution in [2.24, 2.45) is 5.92 Å². The van der Waals surface area contributed by atoms with Crippen LogP contribution in [0.2, 0.25) is 5.15 Å². The van der Waals surface area contributed by atoms with Gasteiger partial charge in [0.1, 0.15) is 16.1 Å². The maximum atomic E-state index is 6.44. The van der Waals surface area contributed by atoms with E-state index >= 15 is 0 Å². The van der Waals surface area contributed by atoms with Crippen molar-refractivity contribution in [2.75, 3.05) is 6.61 Å². The third-order valence-corrected chi connectivity index (χ3v) is 5.20. The number of fused-ring (bicyclic) bond motifs is 3. The average Bonchev–Trinajstić information content (AvgIpc) is 2.94. The van der Waals surface area contributed by atoms with Gasteiger partial charge < -0.3 is 4.74 Å². The van der Waals surface area contributed by atoms with E-state index in [2.05, 4.69) is 18.8 Å². The second-order valence-electron chi connectivity index (χ2n) is 5.53. The van der Waals surface area contributed by atoms with Crippen LogP contribution in [0.1, 0.15) is 49.6 Å². The van der Waals surface area contributed by atoms with Gasteiger partial charge in [0.05, 0.1) is 5.39 Å². The molecule has 20 heavy (non-hydrogen) atoms. The summed E-state index contributed by atoms with van der Waals surface area (Å²) in [5, 5.41) is 1.67. The SMILES string of the molecule is CCOC(c1nc(Cl)c2c3c(sc2n1)CCC3)C(C)C. The zero-order valence-electron chi connectivity index (χ0n) is 12.1. The van der Waals surface area contributed by atoms with E-state index in [-0.39, 0.29) is 6.10 Å². The Kier molecular flexibility index (Phi) is 3.98. The zero-order valence-corrected chi connectivity index (χ0v) is 13.6. The Morgan fingerprint density at radius 2 is 2.10 bits per heavy atom. The number of thiophene rings is 1. The third kappa shape index (κ3) is 2.34. The molecule has 1 aliphatic carbocycles. The molecular weight excluding hydrogens is 292 g/mol. The lowest BCUT2D eigenvalue weighted by atomic mass is 10.1. The number of hydrogen-bond donors (Lipinski definition) is 0. The molecule has 0 N–H and O–H groups in total. The van der Waals surface area contributed by atoms with Crippen molar-refractivity contribution < 1.29 is 4.74 Å². The molecule has 0 aliphatic heterocycles. The molecule has 0 bridgehead atoms. The largest absolute Gasteiger partial charge is 0.370 e. The maximum Gasteiger partial charge on any atom is 0.160 e. The van der Waals surface area contributed by atoms with E-state index in [1.165, 1.54) is 16.9 Å². The first-order valence-corrected chi connectivity index (χ1v) is 8.40. The summed E-state index contributed by atoms with van der Waals surface area (Å²) in [7, 11) is 0. The molecule has 1 aliphatic rings. The van der Waals surface area contributed by atoms with Crippen molar-refractivity contribution >= 4 is 33.2 Å². The molecule has 3 nitrogen and oxygen atoms in total. The maximum absolute atomic E-state index is 6.44. The van der Waals surface area contributed by atoms with Gasteiger partial charge in [-0.05, 0) is 37.7 Å². The molecule has 0 saturated carbocycles. The molecule has 3 rings (SSSR count). The zero-order chi connectivity index (χ0) is 14.3. The summed E-state index contributed by atoms with van der Waals surface area (Å²) in [6.45, 7) is 6.89. The van der Waals surface area contributed by atoms with E-state index in [1.807, 2.05) is 6.92 Å². The first-order valence-electron chi connectivity index (χ1n) is 7.21. The molecule has 5 heteroatoms. The van der Waals surface area contributed by atoms with Crippen molar-refractivity contribution in [3.63, 3.8) is 0 Å². The van der Waals surface area contributed by atoms with Gasteiger partial charge in [-0.15, -0.1) is 11.3 Å². The van der Waals surface area contributed by atoms with Gasteiger partial charge in [-0.1, -0.05) is 25.4 Å². The minimum absolute atomic E-state index is 0.0844. The highest BCUT2D eigenvalue weighted by molar-refractivity contribution is 7.19. The summed E-state index contributed by atoms with van der Waals surface area (Å²) in [5.41, 5.74) is 1.37. The molecule has 0 fully saturated rings. The normalized spacial score (nSPS) is 16.1. The fourth-order valence-corrected chi connectivity index (χ4v) is 4.45. The smallest absolute Gasteiger partial charge is 0.160 e. The number of aryl methyl sites for hydroxylation is 2. The van der Waals surface area contributed by atoms with Gasteiger partial charge in [-0.3, -0.25) is 0 Å². The van der Waals surface area contributed by atoms with Gasteiger partial charge in [0.2, 0.25) is 0 Å². The fraction of sp³-hybridized carbons (Fsp3) is 0.600. The Morgan fingerprint density at radius 1 is 1.30 bits per heavy atom. The van der Waals surface area contributed by atoms with E-state index in [4.69, 9.17) is 21.3 Å². The van der Waals surface area contributed by atoms with Gasteiger partial charge >= 0.3 is 0 Å². The summed E-state index contributed by atoms with van der Waals surface area (Å²) >= 11 is 8.21. The van der Waals surface area contributed by atoms with Gasteiger partial charge in [-0.2, -0.15) is 0 Å². The third-order valence-electron chi connectivity index (χ3n) is 3.74. The number of rotatable bonds is 4. The Bertz CT molecular complexity index is 638. The molecule has 108 valence electrons. The number of halogens is 1. The highest BCUT2D eigenvalue weighted by atomic mass is 35.5. The minimum atomic E-state index is -0.0844. The second kappa shape index (κ2) is 5.58. The summed E-state index contributed by atoms with van der Waals surface area (Å²) < 4.78 is 5.79. The minimum Gasteiger partial charge on any atom is -0.370 e. The average molecular weight is 311 g/mol. The van der Waals surface area contributed by atoms with Crippen LogP contribution >= 0.6 is 22.9 Å². The van der Waals surface area contributed by atoms with E-state index in [1.54, 1.807) is 11.3 Å². The van der Waals surface area contributed by atoms with Gasteiger partial charge in [0.15, 0.2) is 5.82 Å². The van der Waals surface area contributed by atoms with Gasteiger partial charge in [0.25, 0.3) is 0 Å². The monoisotopic (exact) mass is 310 g/mol. The van der Waals surface area contributed by atoms with Crippen LogP contribution in [0.25, 0.3) is 10.2 Å². The highest BCUT2D eigenvalue weighted by Crippen LogP contribution is 2.40. The van der Waals surface area contributed by atoms with Crippen molar-refractivity contribution in [1.82, 2.24) is 9.97 Å². The molecule has 1 unspecified atom stereocenters. The number of nitrogens with zero attached hydrogens (tertiary/aromatic N) is 2.